The molecule has 1 atom stereocenters. The third kappa shape index (κ3) is 5.82. The van der Waals surface area contributed by atoms with Gasteiger partial charge in [0.05, 0.1) is 12.4 Å². The molecule has 6 nitrogen and oxygen atoms in total. The molecule has 0 saturated carbocycles. The summed E-state index contributed by atoms with van der Waals surface area (Å²) in [4.78, 5) is 10.6. The standard InChI is InChI=1S/C12H17NO5S/c14-9-11(12(15)16)13-19(17,18)8-4-7-10-5-2-1-3-6-10/h1-3,5-6,11,13-14H,4,7-9H2,(H,15,16)/t11-/m1/s1. The minimum Gasteiger partial charge on any atom is -0.480 e. The van der Waals surface area contributed by atoms with Crippen LogP contribution in [0.1, 0.15) is 12.0 Å². The van der Waals surface area contributed by atoms with Gasteiger partial charge in [-0.1, -0.05) is 30.3 Å². The first-order chi connectivity index (χ1) is 8.94. The zero-order chi connectivity index (χ0) is 14.3. The van der Waals surface area contributed by atoms with Crippen molar-refractivity contribution < 1.29 is 23.4 Å². The fourth-order valence-corrected chi connectivity index (χ4v) is 2.80. The molecule has 0 fully saturated rings. The molecule has 0 aliphatic carbocycles. The molecule has 0 heterocycles. The second-order valence-corrected chi connectivity index (χ2v) is 5.97. The summed E-state index contributed by atoms with van der Waals surface area (Å²) in [7, 11) is -3.70. The maximum atomic E-state index is 11.6. The van der Waals surface area contributed by atoms with Gasteiger partial charge in [-0.05, 0) is 18.4 Å². The number of sulfonamides is 1. The van der Waals surface area contributed by atoms with Crippen LogP contribution in [0.5, 0.6) is 0 Å². The smallest absolute Gasteiger partial charge is 0.324 e. The van der Waals surface area contributed by atoms with E-state index in [0.29, 0.717) is 12.8 Å². The highest BCUT2D eigenvalue weighted by Crippen LogP contribution is 2.04. The van der Waals surface area contributed by atoms with Crippen molar-refractivity contribution in [2.24, 2.45) is 0 Å². The fourth-order valence-electron chi connectivity index (χ4n) is 1.55. The Kier molecular flexibility index (Phi) is 5.94. The van der Waals surface area contributed by atoms with Crippen molar-refractivity contribution in [3.8, 4) is 0 Å². The number of hydrogen-bond donors (Lipinski definition) is 3. The average Bonchev–Trinajstić information content (AvgIpc) is 2.37. The van der Waals surface area contributed by atoms with E-state index in [-0.39, 0.29) is 5.75 Å². The van der Waals surface area contributed by atoms with Crippen LogP contribution < -0.4 is 4.72 Å². The first-order valence-corrected chi connectivity index (χ1v) is 7.47. The number of rotatable bonds is 8. The summed E-state index contributed by atoms with van der Waals surface area (Å²) in [6.07, 6.45) is 0.982. The van der Waals surface area contributed by atoms with Gasteiger partial charge in [0.2, 0.25) is 10.0 Å². The molecule has 0 unspecified atom stereocenters. The number of carboxylic acids is 1. The molecule has 0 radical (unpaired) electrons. The largest absolute Gasteiger partial charge is 0.480 e. The van der Waals surface area contributed by atoms with Crippen molar-refractivity contribution in [1.29, 1.82) is 0 Å². The summed E-state index contributed by atoms with van der Waals surface area (Å²) in [5.74, 6) is -1.57. The SMILES string of the molecule is O=C(O)[C@@H](CO)NS(=O)(=O)CCCc1ccccc1. The number of aliphatic hydroxyl groups is 1. The van der Waals surface area contributed by atoms with Crippen molar-refractivity contribution in [3.05, 3.63) is 35.9 Å². The van der Waals surface area contributed by atoms with Crippen LogP contribution in [-0.4, -0.2) is 43.0 Å². The van der Waals surface area contributed by atoms with Gasteiger partial charge in [-0.3, -0.25) is 4.79 Å². The van der Waals surface area contributed by atoms with Crippen LogP contribution in [0.4, 0.5) is 0 Å². The molecular weight excluding hydrogens is 270 g/mol. The molecule has 0 bridgehead atoms. The van der Waals surface area contributed by atoms with E-state index in [1.165, 1.54) is 0 Å². The zero-order valence-corrected chi connectivity index (χ0v) is 11.1. The highest BCUT2D eigenvalue weighted by atomic mass is 32.2. The van der Waals surface area contributed by atoms with Gasteiger partial charge >= 0.3 is 5.97 Å². The maximum Gasteiger partial charge on any atom is 0.324 e. The number of benzene rings is 1. The summed E-state index contributed by atoms with van der Waals surface area (Å²) in [5.41, 5.74) is 1.02. The second-order valence-electron chi connectivity index (χ2n) is 4.10. The molecule has 0 aliphatic heterocycles. The quantitative estimate of drug-likeness (QED) is 0.623. The number of aliphatic carboxylic acids is 1. The van der Waals surface area contributed by atoms with Crippen molar-refractivity contribution in [2.45, 2.75) is 18.9 Å². The van der Waals surface area contributed by atoms with Crippen molar-refractivity contribution >= 4 is 16.0 Å². The molecule has 1 rings (SSSR count). The zero-order valence-electron chi connectivity index (χ0n) is 10.3. The molecular formula is C12H17NO5S. The Morgan fingerprint density at radius 3 is 2.42 bits per heavy atom. The molecule has 3 N–H and O–H groups in total. The van der Waals surface area contributed by atoms with Crippen LogP contribution in [0.2, 0.25) is 0 Å². The minimum absolute atomic E-state index is 0.175. The molecule has 106 valence electrons. The molecule has 0 amide bonds. The minimum atomic E-state index is -3.70. The van der Waals surface area contributed by atoms with Gasteiger partial charge in [0, 0.05) is 0 Å². The van der Waals surface area contributed by atoms with E-state index in [9.17, 15) is 13.2 Å². The van der Waals surface area contributed by atoms with E-state index in [0.717, 1.165) is 5.56 Å². The molecule has 0 aliphatic rings. The lowest BCUT2D eigenvalue weighted by Crippen LogP contribution is -2.44. The number of carboxylic acid groups (broad SMARTS) is 1. The fraction of sp³-hybridized carbons (Fsp3) is 0.417. The summed E-state index contributed by atoms with van der Waals surface area (Å²) in [6.45, 7) is -0.771. The Balaban J connectivity index is 2.45. The lowest BCUT2D eigenvalue weighted by molar-refractivity contribution is -0.139. The molecule has 7 heteroatoms. The summed E-state index contributed by atoms with van der Waals surface area (Å²) in [5, 5.41) is 17.4. The second kappa shape index (κ2) is 7.22. The third-order valence-electron chi connectivity index (χ3n) is 2.52. The monoisotopic (exact) mass is 287 g/mol. The van der Waals surface area contributed by atoms with Crippen LogP contribution in [0.15, 0.2) is 30.3 Å². The molecule has 1 aromatic rings. The van der Waals surface area contributed by atoms with Crippen LogP contribution in [0.3, 0.4) is 0 Å². The normalized spacial score (nSPS) is 13.1. The van der Waals surface area contributed by atoms with E-state index in [4.69, 9.17) is 10.2 Å². The first-order valence-electron chi connectivity index (χ1n) is 5.82. The van der Waals surface area contributed by atoms with E-state index < -0.39 is 28.6 Å². The Hall–Kier alpha value is -1.44. The summed E-state index contributed by atoms with van der Waals surface area (Å²) < 4.78 is 25.2. The van der Waals surface area contributed by atoms with Crippen molar-refractivity contribution in [1.82, 2.24) is 4.72 Å². The van der Waals surface area contributed by atoms with Gasteiger partial charge in [-0.25, -0.2) is 8.42 Å². The third-order valence-corrected chi connectivity index (χ3v) is 3.99. The first kappa shape index (κ1) is 15.6. The maximum absolute atomic E-state index is 11.6. The van der Waals surface area contributed by atoms with Gasteiger partial charge in [0.25, 0.3) is 0 Å². The Bertz CT molecular complexity index is 500. The van der Waals surface area contributed by atoms with Crippen LogP contribution in [0, 0.1) is 0 Å². The van der Waals surface area contributed by atoms with Gasteiger partial charge in [0.1, 0.15) is 6.04 Å². The Morgan fingerprint density at radius 1 is 1.26 bits per heavy atom. The number of aliphatic hydroxyl groups excluding tert-OH is 1. The van der Waals surface area contributed by atoms with Crippen LogP contribution in [-0.2, 0) is 21.2 Å². The van der Waals surface area contributed by atoms with E-state index in [1.54, 1.807) is 0 Å². The van der Waals surface area contributed by atoms with Gasteiger partial charge in [-0.2, -0.15) is 4.72 Å². The highest BCUT2D eigenvalue weighted by Gasteiger charge is 2.22. The topological polar surface area (TPSA) is 104 Å². The van der Waals surface area contributed by atoms with E-state index in [1.807, 2.05) is 35.1 Å². The van der Waals surface area contributed by atoms with Gasteiger partial charge < -0.3 is 10.2 Å². The number of nitrogens with one attached hydrogen (secondary N) is 1. The van der Waals surface area contributed by atoms with Gasteiger partial charge in [-0.15, -0.1) is 0 Å². The van der Waals surface area contributed by atoms with Crippen molar-refractivity contribution in [3.63, 3.8) is 0 Å². The Morgan fingerprint density at radius 2 is 1.89 bits per heavy atom. The van der Waals surface area contributed by atoms with Crippen molar-refractivity contribution in [2.75, 3.05) is 12.4 Å². The highest BCUT2D eigenvalue weighted by molar-refractivity contribution is 7.89. The lowest BCUT2D eigenvalue weighted by atomic mass is 10.1. The number of aryl methyl sites for hydroxylation is 1. The number of hydrogen-bond acceptors (Lipinski definition) is 4. The molecule has 19 heavy (non-hydrogen) atoms. The predicted molar refractivity (Wildman–Crippen MR) is 70.2 cm³/mol. The van der Waals surface area contributed by atoms with E-state index >= 15 is 0 Å². The van der Waals surface area contributed by atoms with Gasteiger partial charge in [0.15, 0.2) is 0 Å². The van der Waals surface area contributed by atoms with Crippen LogP contribution in [0.25, 0.3) is 0 Å². The summed E-state index contributed by atoms with van der Waals surface area (Å²) >= 11 is 0. The summed E-state index contributed by atoms with van der Waals surface area (Å²) in [6, 6.07) is 7.92. The predicted octanol–water partition coefficient (Wildman–Crippen LogP) is -0.0159. The molecule has 0 spiro atoms. The molecule has 0 saturated heterocycles. The van der Waals surface area contributed by atoms with E-state index in [2.05, 4.69) is 0 Å². The Labute approximate surface area is 112 Å². The number of carbonyl (C=O) groups is 1. The van der Waals surface area contributed by atoms with Crippen LogP contribution >= 0.6 is 0 Å². The molecule has 1 aromatic carbocycles. The average molecular weight is 287 g/mol. The lowest BCUT2D eigenvalue weighted by Gasteiger charge is -2.12. The molecule has 0 aromatic heterocycles.